The fraction of sp³-hybridized carbons (Fsp3) is 0.316. The maximum Gasteiger partial charge on any atom is 0.319 e. The van der Waals surface area contributed by atoms with Crippen molar-refractivity contribution < 1.29 is 14.3 Å². The lowest BCUT2D eigenvalue weighted by molar-refractivity contribution is 0.242. The second kappa shape index (κ2) is 7.73. The Kier molecular flexibility index (Phi) is 5.68. The molecule has 5 nitrogen and oxygen atoms in total. The second-order valence-electron chi connectivity index (χ2n) is 5.89. The lowest BCUT2D eigenvalue weighted by atomic mass is 9.94. The highest BCUT2D eigenvalue weighted by molar-refractivity contribution is 5.89. The van der Waals surface area contributed by atoms with Crippen molar-refractivity contribution in [3.05, 3.63) is 54.1 Å². The molecular weight excluding hydrogens is 304 g/mol. The zero-order valence-electron chi connectivity index (χ0n) is 14.6. The number of hydrogen-bond donors (Lipinski definition) is 2. The molecule has 0 aliphatic carbocycles. The van der Waals surface area contributed by atoms with Crippen LogP contribution in [0.1, 0.15) is 26.3 Å². The van der Waals surface area contributed by atoms with Gasteiger partial charge < -0.3 is 20.1 Å². The third-order valence-corrected chi connectivity index (χ3v) is 3.66. The van der Waals surface area contributed by atoms with Gasteiger partial charge >= 0.3 is 6.03 Å². The van der Waals surface area contributed by atoms with E-state index in [1.807, 2.05) is 69.3 Å². The number of anilines is 1. The quantitative estimate of drug-likeness (QED) is 0.837. The van der Waals surface area contributed by atoms with Crippen molar-refractivity contribution in [1.82, 2.24) is 5.32 Å². The minimum atomic E-state index is -0.512. The van der Waals surface area contributed by atoms with Crippen LogP contribution in [0.2, 0.25) is 0 Å². The van der Waals surface area contributed by atoms with Crippen LogP contribution in [0.4, 0.5) is 10.5 Å². The van der Waals surface area contributed by atoms with Gasteiger partial charge in [-0.15, -0.1) is 0 Å². The minimum Gasteiger partial charge on any atom is -0.497 e. The number of amides is 2. The first-order valence-electron chi connectivity index (χ1n) is 7.91. The van der Waals surface area contributed by atoms with E-state index in [2.05, 4.69) is 10.6 Å². The first kappa shape index (κ1) is 17.7. The molecule has 0 spiro atoms. The van der Waals surface area contributed by atoms with Gasteiger partial charge in [0.15, 0.2) is 0 Å². The highest BCUT2D eigenvalue weighted by Gasteiger charge is 2.22. The van der Waals surface area contributed by atoms with Gasteiger partial charge in [0.1, 0.15) is 11.5 Å². The molecule has 2 aromatic rings. The Morgan fingerprint density at radius 3 is 2.12 bits per heavy atom. The predicted octanol–water partition coefficient (Wildman–Crippen LogP) is 4.15. The Hall–Kier alpha value is -2.69. The summed E-state index contributed by atoms with van der Waals surface area (Å²) in [5, 5.41) is 5.81. The van der Waals surface area contributed by atoms with Crippen LogP contribution in [-0.4, -0.2) is 19.7 Å². The van der Waals surface area contributed by atoms with Crippen molar-refractivity contribution in [2.45, 2.75) is 26.3 Å². The number of carbonyl (C=O) groups is 1. The summed E-state index contributed by atoms with van der Waals surface area (Å²) in [7, 11) is 1.63. The minimum absolute atomic E-state index is 0.264. The Morgan fingerprint density at radius 1 is 1.00 bits per heavy atom. The van der Waals surface area contributed by atoms with E-state index in [0.29, 0.717) is 12.3 Å². The Labute approximate surface area is 143 Å². The van der Waals surface area contributed by atoms with Crippen LogP contribution in [0.5, 0.6) is 11.5 Å². The molecule has 0 unspecified atom stereocenters. The van der Waals surface area contributed by atoms with Crippen LogP contribution < -0.4 is 20.1 Å². The topological polar surface area (TPSA) is 59.6 Å². The zero-order chi connectivity index (χ0) is 17.6. The normalized spacial score (nSPS) is 10.8. The van der Waals surface area contributed by atoms with Gasteiger partial charge in [-0.2, -0.15) is 0 Å². The predicted molar refractivity (Wildman–Crippen MR) is 95.8 cm³/mol. The van der Waals surface area contributed by atoms with Crippen LogP contribution in [0.25, 0.3) is 0 Å². The fourth-order valence-corrected chi connectivity index (χ4v) is 2.33. The SMILES string of the molecule is CCOc1ccc(NC(=O)NC(C)(C)c2ccc(OC)cc2)cc1. The van der Waals surface area contributed by atoms with Crippen LogP contribution in [0, 0.1) is 0 Å². The molecule has 2 amide bonds. The first-order chi connectivity index (χ1) is 11.4. The molecule has 0 bridgehead atoms. The summed E-state index contributed by atoms with van der Waals surface area (Å²) in [6.45, 7) is 6.45. The lowest BCUT2D eigenvalue weighted by Gasteiger charge is -2.27. The molecule has 0 heterocycles. The number of nitrogens with one attached hydrogen (secondary N) is 2. The molecule has 0 saturated heterocycles. The average molecular weight is 328 g/mol. The molecule has 128 valence electrons. The Balaban J connectivity index is 1.98. The van der Waals surface area contributed by atoms with E-state index in [1.165, 1.54) is 0 Å². The monoisotopic (exact) mass is 328 g/mol. The van der Waals surface area contributed by atoms with Gasteiger partial charge in [-0.05, 0) is 62.7 Å². The van der Waals surface area contributed by atoms with E-state index in [0.717, 1.165) is 17.1 Å². The maximum absolute atomic E-state index is 12.3. The zero-order valence-corrected chi connectivity index (χ0v) is 14.6. The number of carbonyl (C=O) groups excluding carboxylic acids is 1. The fourth-order valence-electron chi connectivity index (χ4n) is 2.33. The summed E-state index contributed by atoms with van der Waals surface area (Å²) in [6.07, 6.45) is 0. The van der Waals surface area contributed by atoms with E-state index in [1.54, 1.807) is 7.11 Å². The van der Waals surface area contributed by atoms with Gasteiger partial charge in [0.05, 0.1) is 19.3 Å². The van der Waals surface area contributed by atoms with Crippen molar-refractivity contribution in [2.75, 3.05) is 19.0 Å². The number of urea groups is 1. The summed E-state index contributed by atoms with van der Waals surface area (Å²) in [5.74, 6) is 1.57. The van der Waals surface area contributed by atoms with Crippen LogP contribution >= 0.6 is 0 Å². The van der Waals surface area contributed by atoms with Crippen molar-refractivity contribution in [3.63, 3.8) is 0 Å². The van der Waals surface area contributed by atoms with E-state index in [4.69, 9.17) is 9.47 Å². The Morgan fingerprint density at radius 2 is 1.58 bits per heavy atom. The van der Waals surface area contributed by atoms with Gasteiger partial charge in [-0.1, -0.05) is 12.1 Å². The van der Waals surface area contributed by atoms with E-state index in [-0.39, 0.29) is 6.03 Å². The molecule has 0 saturated carbocycles. The third-order valence-electron chi connectivity index (χ3n) is 3.66. The molecular formula is C19H24N2O3. The molecule has 0 aliphatic rings. The molecule has 2 aromatic carbocycles. The molecule has 2 rings (SSSR count). The van der Waals surface area contributed by atoms with Gasteiger partial charge in [0.25, 0.3) is 0 Å². The first-order valence-corrected chi connectivity index (χ1v) is 7.91. The lowest BCUT2D eigenvalue weighted by Crippen LogP contribution is -2.43. The summed E-state index contributed by atoms with van der Waals surface area (Å²) in [6, 6.07) is 14.6. The summed E-state index contributed by atoms with van der Waals surface area (Å²) >= 11 is 0. The highest BCUT2D eigenvalue weighted by Crippen LogP contribution is 2.23. The number of ether oxygens (including phenoxy) is 2. The van der Waals surface area contributed by atoms with E-state index < -0.39 is 5.54 Å². The molecule has 0 radical (unpaired) electrons. The molecule has 0 aromatic heterocycles. The van der Waals surface area contributed by atoms with Crippen LogP contribution in [0.15, 0.2) is 48.5 Å². The van der Waals surface area contributed by atoms with Crippen LogP contribution in [0.3, 0.4) is 0 Å². The molecule has 5 heteroatoms. The molecule has 0 atom stereocenters. The van der Waals surface area contributed by atoms with Crippen molar-refractivity contribution in [1.29, 1.82) is 0 Å². The molecule has 0 aliphatic heterocycles. The van der Waals surface area contributed by atoms with Gasteiger partial charge in [0.2, 0.25) is 0 Å². The molecule has 24 heavy (non-hydrogen) atoms. The van der Waals surface area contributed by atoms with Gasteiger partial charge in [-0.25, -0.2) is 4.79 Å². The van der Waals surface area contributed by atoms with Crippen molar-refractivity contribution in [2.24, 2.45) is 0 Å². The molecule has 2 N–H and O–H groups in total. The van der Waals surface area contributed by atoms with E-state index >= 15 is 0 Å². The van der Waals surface area contributed by atoms with Gasteiger partial charge in [0, 0.05) is 5.69 Å². The largest absolute Gasteiger partial charge is 0.497 e. The third kappa shape index (κ3) is 4.65. The Bertz CT molecular complexity index is 664. The summed E-state index contributed by atoms with van der Waals surface area (Å²) in [5.41, 5.74) is 1.19. The molecule has 0 fully saturated rings. The number of benzene rings is 2. The number of methoxy groups -OCH3 is 1. The standard InChI is InChI=1S/C19H24N2O3/c1-5-24-17-12-8-15(9-13-17)20-18(22)21-19(2,3)14-6-10-16(23-4)11-7-14/h6-13H,5H2,1-4H3,(H2,20,21,22). The average Bonchev–Trinajstić information content (AvgIpc) is 2.56. The number of hydrogen-bond acceptors (Lipinski definition) is 3. The van der Waals surface area contributed by atoms with Crippen molar-refractivity contribution in [3.8, 4) is 11.5 Å². The van der Waals surface area contributed by atoms with Crippen molar-refractivity contribution >= 4 is 11.7 Å². The highest BCUT2D eigenvalue weighted by atomic mass is 16.5. The smallest absolute Gasteiger partial charge is 0.319 e. The van der Waals surface area contributed by atoms with Crippen LogP contribution in [-0.2, 0) is 5.54 Å². The second-order valence-corrected chi connectivity index (χ2v) is 5.89. The summed E-state index contributed by atoms with van der Waals surface area (Å²) < 4.78 is 10.5. The van der Waals surface area contributed by atoms with E-state index in [9.17, 15) is 4.79 Å². The number of rotatable bonds is 6. The summed E-state index contributed by atoms with van der Waals surface area (Å²) in [4.78, 5) is 12.3. The van der Waals surface area contributed by atoms with Gasteiger partial charge in [-0.3, -0.25) is 0 Å². The maximum atomic E-state index is 12.3.